The summed E-state index contributed by atoms with van der Waals surface area (Å²) >= 11 is 3.44. The minimum atomic E-state index is 0.300. The number of likely N-dealkylation sites (tertiary alicyclic amines) is 1. The number of amides is 1. The Kier molecular flexibility index (Phi) is 5.78. The van der Waals surface area contributed by atoms with Crippen LogP contribution in [0.25, 0.3) is 10.6 Å². The molecule has 4 nitrogen and oxygen atoms in total. The lowest BCUT2D eigenvalue weighted by Gasteiger charge is -2.16. The Hall–Kier alpha value is -2.18. The number of thiazole rings is 1. The topological polar surface area (TPSA) is 37.6 Å². The first-order valence-electron chi connectivity index (χ1n) is 9.74. The van der Waals surface area contributed by atoms with E-state index in [1.807, 2.05) is 4.90 Å². The van der Waals surface area contributed by atoms with Crippen LogP contribution in [0, 0.1) is 13.8 Å². The first-order chi connectivity index (χ1) is 13.6. The van der Waals surface area contributed by atoms with Gasteiger partial charge in [0.25, 0.3) is 0 Å². The molecule has 1 aromatic carbocycles. The smallest absolute Gasteiger partial charge is 0.222 e. The van der Waals surface area contributed by atoms with Crippen LogP contribution in [0.2, 0.25) is 0 Å². The Bertz CT molecular complexity index is 1030. The summed E-state index contributed by atoms with van der Waals surface area (Å²) in [6, 6.07) is 10.5. The molecule has 1 aliphatic heterocycles. The molecule has 0 bridgehead atoms. The van der Waals surface area contributed by atoms with Gasteiger partial charge in [0.2, 0.25) is 5.91 Å². The van der Waals surface area contributed by atoms with Crippen molar-refractivity contribution in [2.75, 3.05) is 13.1 Å². The SMILES string of the molecule is Cc1cccc(N=c2scc(-c3cccs3)n2CCCN2CCCC2=O)c1C. The molecular formula is C22H25N3OS2. The van der Waals surface area contributed by atoms with Crippen molar-refractivity contribution in [3.05, 3.63) is 57.0 Å². The van der Waals surface area contributed by atoms with E-state index in [1.54, 1.807) is 22.7 Å². The lowest BCUT2D eigenvalue weighted by molar-refractivity contribution is -0.127. The predicted octanol–water partition coefficient (Wildman–Crippen LogP) is 5.14. The summed E-state index contributed by atoms with van der Waals surface area (Å²) in [6.07, 6.45) is 2.65. The predicted molar refractivity (Wildman–Crippen MR) is 117 cm³/mol. The van der Waals surface area contributed by atoms with E-state index >= 15 is 0 Å². The second kappa shape index (κ2) is 8.45. The Morgan fingerprint density at radius 1 is 1.11 bits per heavy atom. The van der Waals surface area contributed by atoms with Crippen LogP contribution in [0.1, 0.15) is 30.4 Å². The third kappa shape index (κ3) is 3.98. The van der Waals surface area contributed by atoms with Crippen LogP contribution in [0.3, 0.4) is 0 Å². The highest BCUT2D eigenvalue weighted by atomic mass is 32.1. The first-order valence-corrected chi connectivity index (χ1v) is 11.5. The minimum absolute atomic E-state index is 0.300. The van der Waals surface area contributed by atoms with Crippen LogP contribution in [-0.4, -0.2) is 28.5 Å². The summed E-state index contributed by atoms with van der Waals surface area (Å²) in [4.78, 5) is 21.2. The number of carbonyl (C=O) groups is 1. The van der Waals surface area contributed by atoms with Crippen LogP contribution in [0.4, 0.5) is 5.69 Å². The molecule has 6 heteroatoms. The van der Waals surface area contributed by atoms with Gasteiger partial charge in [0, 0.05) is 31.4 Å². The number of benzene rings is 1. The first kappa shape index (κ1) is 19.2. The van der Waals surface area contributed by atoms with Crippen molar-refractivity contribution < 1.29 is 4.79 Å². The van der Waals surface area contributed by atoms with E-state index < -0.39 is 0 Å². The van der Waals surface area contributed by atoms with E-state index in [1.165, 1.54) is 21.7 Å². The minimum Gasteiger partial charge on any atom is -0.343 e. The van der Waals surface area contributed by atoms with Crippen molar-refractivity contribution in [3.63, 3.8) is 0 Å². The van der Waals surface area contributed by atoms with Crippen molar-refractivity contribution in [1.82, 2.24) is 9.47 Å². The molecule has 0 unspecified atom stereocenters. The number of carbonyl (C=O) groups excluding carboxylic acids is 1. The third-order valence-corrected chi connectivity index (χ3v) is 7.10. The number of thiophene rings is 1. The maximum absolute atomic E-state index is 11.9. The van der Waals surface area contributed by atoms with Gasteiger partial charge in [0.15, 0.2) is 4.80 Å². The molecule has 1 amide bonds. The highest BCUT2D eigenvalue weighted by Gasteiger charge is 2.19. The van der Waals surface area contributed by atoms with Gasteiger partial charge in [-0.05, 0) is 55.3 Å². The van der Waals surface area contributed by atoms with Gasteiger partial charge in [-0.2, -0.15) is 0 Å². The summed E-state index contributed by atoms with van der Waals surface area (Å²) < 4.78 is 2.32. The van der Waals surface area contributed by atoms with Crippen molar-refractivity contribution in [3.8, 4) is 10.6 Å². The number of nitrogens with zero attached hydrogens (tertiary/aromatic N) is 3. The second-order valence-electron chi connectivity index (χ2n) is 7.20. The molecule has 28 heavy (non-hydrogen) atoms. The van der Waals surface area contributed by atoms with Crippen LogP contribution < -0.4 is 4.80 Å². The zero-order valence-corrected chi connectivity index (χ0v) is 18.0. The number of rotatable bonds is 6. The fourth-order valence-corrected chi connectivity index (χ4v) is 5.34. The van der Waals surface area contributed by atoms with Crippen molar-refractivity contribution in [2.45, 2.75) is 39.7 Å². The van der Waals surface area contributed by atoms with E-state index in [0.717, 1.165) is 43.0 Å². The molecule has 1 aliphatic rings. The number of hydrogen-bond acceptors (Lipinski definition) is 4. The second-order valence-corrected chi connectivity index (χ2v) is 8.99. The van der Waals surface area contributed by atoms with E-state index in [0.29, 0.717) is 12.3 Å². The summed E-state index contributed by atoms with van der Waals surface area (Å²) in [7, 11) is 0. The monoisotopic (exact) mass is 411 g/mol. The average molecular weight is 412 g/mol. The van der Waals surface area contributed by atoms with Gasteiger partial charge in [-0.15, -0.1) is 22.7 Å². The molecular weight excluding hydrogens is 386 g/mol. The van der Waals surface area contributed by atoms with Crippen molar-refractivity contribution in [2.24, 2.45) is 4.99 Å². The molecule has 0 atom stereocenters. The number of aryl methyl sites for hydroxylation is 1. The normalized spacial score (nSPS) is 15.0. The van der Waals surface area contributed by atoms with Crippen LogP contribution >= 0.6 is 22.7 Å². The van der Waals surface area contributed by atoms with Crippen LogP contribution in [0.5, 0.6) is 0 Å². The Morgan fingerprint density at radius 3 is 2.75 bits per heavy atom. The highest BCUT2D eigenvalue weighted by Crippen LogP contribution is 2.26. The molecule has 146 valence electrons. The van der Waals surface area contributed by atoms with Crippen LogP contribution in [0.15, 0.2) is 46.1 Å². The fraction of sp³-hybridized carbons (Fsp3) is 0.364. The molecule has 1 fully saturated rings. The maximum atomic E-state index is 11.9. The summed E-state index contributed by atoms with van der Waals surface area (Å²) in [6.45, 7) is 6.86. The van der Waals surface area contributed by atoms with Gasteiger partial charge in [-0.3, -0.25) is 4.79 Å². The van der Waals surface area contributed by atoms with Crippen LogP contribution in [-0.2, 0) is 11.3 Å². The maximum Gasteiger partial charge on any atom is 0.222 e. The van der Waals surface area contributed by atoms with Crippen molar-refractivity contribution in [1.29, 1.82) is 0 Å². The van der Waals surface area contributed by atoms with Gasteiger partial charge in [0.05, 0.1) is 16.3 Å². The molecule has 0 aliphatic carbocycles. The molecule has 0 radical (unpaired) electrons. The molecule has 2 aromatic heterocycles. The Labute approximate surface area is 173 Å². The third-order valence-electron chi connectivity index (χ3n) is 5.34. The quantitative estimate of drug-likeness (QED) is 0.553. The molecule has 0 saturated carbocycles. The number of aromatic nitrogens is 1. The Morgan fingerprint density at radius 2 is 2.00 bits per heavy atom. The lowest BCUT2D eigenvalue weighted by Crippen LogP contribution is -2.27. The van der Waals surface area contributed by atoms with Gasteiger partial charge in [0.1, 0.15) is 0 Å². The molecule has 4 rings (SSSR count). The van der Waals surface area contributed by atoms with Gasteiger partial charge < -0.3 is 9.47 Å². The number of hydrogen-bond donors (Lipinski definition) is 0. The largest absolute Gasteiger partial charge is 0.343 e. The zero-order valence-electron chi connectivity index (χ0n) is 16.4. The van der Waals surface area contributed by atoms with Gasteiger partial charge >= 0.3 is 0 Å². The molecule has 3 heterocycles. The van der Waals surface area contributed by atoms with Gasteiger partial charge in [-0.1, -0.05) is 18.2 Å². The average Bonchev–Trinajstić information content (AvgIpc) is 3.42. The van der Waals surface area contributed by atoms with Crippen molar-refractivity contribution >= 4 is 34.3 Å². The molecule has 3 aromatic rings. The summed E-state index contributed by atoms with van der Waals surface area (Å²) in [5.74, 6) is 0.300. The van der Waals surface area contributed by atoms with E-state index in [2.05, 4.69) is 59.5 Å². The van der Waals surface area contributed by atoms with Gasteiger partial charge in [-0.25, -0.2) is 4.99 Å². The Balaban J connectivity index is 1.65. The molecule has 1 saturated heterocycles. The molecule has 0 spiro atoms. The highest BCUT2D eigenvalue weighted by molar-refractivity contribution is 7.14. The zero-order chi connectivity index (χ0) is 19.5. The van der Waals surface area contributed by atoms with E-state index in [-0.39, 0.29) is 0 Å². The standard InChI is InChI=1S/C22H25N3OS2/c1-16-7-3-8-18(17(16)2)23-22-25(13-6-12-24-11-4-10-21(24)26)19(15-28-22)20-9-5-14-27-20/h3,5,7-9,14-15H,4,6,10-13H2,1-2H3. The summed E-state index contributed by atoms with van der Waals surface area (Å²) in [5.41, 5.74) is 4.73. The van der Waals surface area contributed by atoms with E-state index in [9.17, 15) is 4.79 Å². The lowest BCUT2D eigenvalue weighted by atomic mass is 10.1. The fourth-order valence-electron chi connectivity index (χ4n) is 3.58. The molecule has 0 N–H and O–H groups in total. The van der Waals surface area contributed by atoms with E-state index in [4.69, 9.17) is 4.99 Å². The summed E-state index contributed by atoms with van der Waals surface area (Å²) in [5, 5.41) is 4.32.